The molecule has 0 fully saturated rings. The molecule has 118 valence electrons. The molecule has 1 aliphatic rings. The molecule has 2 rings (SSSR count). The number of imide groups is 1. The Kier molecular flexibility index (Phi) is 5.81. The van der Waals surface area contributed by atoms with Crippen molar-refractivity contribution in [3.63, 3.8) is 0 Å². The van der Waals surface area contributed by atoms with Gasteiger partial charge in [0.1, 0.15) is 6.29 Å². The number of nitrogens with zero attached hydrogens (tertiary/aromatic N) is 2. The molecule has 1 aromatic carbocycles. The average Bonchev–Trinajstić information content (AvgIpc) is 2.82. The van der Waals surface area contributed by atoms with E-state index in [0.717, 1.165) is 6.29 Å². The van der Waals surface area contributed by atoms with Crippen LogP contribution in [0.15, 0.2) is 35.9 Å². The highest BCUT2D eigenvalue weighted by molar-refractivity contribution is 6.21. The van der Waals surface area contributed by atoms with E-state index in [2.05, 4.69) is 6.07 Å². The van der Waals surface area contributed by atoms with Crippen LogP contribution in [0.25, 0.3) is 0 Å². The number of aldehydes is 1. The first kappa shape index (κ1) is 16.6. The molecular weight excluding hydrogens is 292 g/mol. The maximum Gasteiger partial charge on any atom is 0.261 e. The maximum absolute atomic E-state index is 12.2. The van der Waals surface area contributed by atoms with E-state index in [-0.39, 0.29) is 11.8 Å². The van der Waals surface area contributed by atoms with Crippen molar-refractivity contribution in [1.82, 2.24) is 4.90 Å². The van der Waals surface area contributed by atoms with Crippen molar-refractivity contribution < 1.29 is 14.4 Å². The van der Waals surface area contributed by atoms with Gasteiger partial charge < -0.3 is 4.79 Å². The van der Waals surface area contributed by atoms with Gasteiger partial charge in [-0.3, -0.25) is 14.5 Å². The molecule has 0 bridgehead atoms. The molecule has 0 unspecified atom stereocenters. The number of nitriles is 1. The maximum atomic E-state index is 12.2. The van der Waals surface area contributed by atoms with Gasteiger partial charge in [0.25, 0.3) is 11.8 Å². The zero-order valence-electron chi connectivity index (χ0n) is 12.8. The lowest BCUT2D eigenvalue weighted by Crippen LogP contribution is -2.30. The van der Waals surface area contributed by atoms with E-state index in [1.165, 1.54) is 4.90 Å². The summed E-state index contributed by atoms with van der Waals surface area (Å²) in [6.07, 6.45) is 5.56. The highest BCUT2D eigenvalue weighted by Crippen LogP contribution is 2.23. The van der Waals surface area contributed by atoms with Gasteiger partial charge in [-0.1, -0.05) is 18.2 Å². The van der Waals surface area contributed by atoms with Gasteiger partial charge in [0.05, 0.1) is 17.2 Å². The third-order valence-electron chi connectivity index (χ3n) is 3.77. The van der Waals surface area contributed by atoms with Crippen molar-refractivity contribution in [2.75, 3.05) is 6.54 Å². The summed E-state index contributed by atoms with van der Waals surface area (Å²) in [6, 6.07) is 8.94. The molecule has 0 saturated carbocycles. The van der Waals surface area contributed by atoms with E-state index in [0.29, 0.717) is 55.3 Å². The molecular formula is C18H18N2O3. The van der Waals surface area contributed by atoms with E-state index in [1.807, 2.05) is 0 Å². The van der Waals surface area contributed by atoms with Crippen molar-refractivity contribution in [1.29, 1.82) is 5.26 Å². The summed E-state index contributed by atoms with van der Waals surface area (Å²) >= 11 is 0. The van der Waals surface area contributed by atoms with E-state index < -0.39 is 0 Å². The minimum Gasteiger partial charge on any atom is -0.303 e. The predicted octanol–water partition coefficient (Wildman–Crippen LogP) is 2.88. The van der Waals surface area contributed by atoms with Gasteiger partial charge >= 0.3 is 0 Å². The molecule has 0 aromatic heterocycles. The van der Waals surface area contributed by atoms with Crippen LogP contribution in [0.4, 0.5) is 0 Å². The van der Waals surface area contributed by atoms with Gasteiger partial charge in [-0.15, -0.1) is 0 Å². The molecule has 0 N–H and O–H groups in total. The predicted molar refractivity (Wildman–Crippen MR) is 84.7 cm³/mol. The Labute approximate surface area is 135 Å². The summed E-state index contributed by atoms with van der Waals surface area (Å²) in [7, 11) is 0. The van der Waals surface area contributed by atoms with Gasteiger partial charge in [0.2, 0.25) is 0 Å². The molecule has 23 heavy (non-hydrogen) atoms. The van der Waals surface area contributed by atoms with Gasteiger partial charge in [-0.2, -0.15) is 5.26 Å². The van der Waals surface area contributed by atoms with E-state index in [1.54, 1.807) is 30.3 Å². The summed E-state index contributed by atoms with van der Waals surface area (Å²) in [6.45, 7) is 0.361. The Bertz CT molecular complexity index is 651. The van der Waals surface area contributed by atoms with Gasteiger partial charge in [-0.25, -0.2) is 0 Å². The topological polar surface area (TPSA) is 78.2 Å². The van der Waals surface area contributed by atoms with Crippen LogP contribution >= 0.6 is 0 Å². The minimum absolute atomic E-state index is 0.243. The van der Waals surface area contributed by atoms with Crippen LogP contribution in [0.5, 0.6) is 0 Å². The van der Waals surface area contributed by atoms with Crippen LogP contribution in [-0.2, 0) is 4.79 Å². The molecule has 1 aliphatic heterocycles. The fourth-order valence-corrected chi connectivity index (χ4v) is 2.56. The SMILES string of the molecule is N#C/C(=C\CCC=O)CCCCN1C(=O)c2ccccc2C1=O. The number of carbonyl (C=O) groups is 3. The Morgan fingerprint density at radius 2 is 1.74 bits per heavy atom. The largest absolute Gasteiger partial charge is 0.303 e. The number of carbonyl (C=O) groups excluding carboxylic acids is 3. The molecule has 2 amide bonds. The Hall–Kier alpha value is -2.74. The molecule has 1 heterocycles. The van der Waals surface area contributed by atoms with Crippen LogP contribution in [0.2, 0.25) is 0 Å². The van der Waals surface area contributed by atoms with Gasteiger partial charge in [0, 0.05) is 18.5 Å². The second-order valence-electron chi connectivity index (χ2n) is 5.35. The van der Waals surface area contributed by atoms with Crippen molar-refractivity contribution >= 4 is 18.1 Å². The summed E-state index contributed by atoms with van der Waals surface area (Å²) in [5.41, 5.74) is 1.57. The summed E-state index contributed by atoms with van der Waals surface area (Å²) < 4.78 is 0. The third-order valence-corrected chi connectivity index (χ3v) is 3.77. The Morgan fingerprint density at radius 1 is 1.09 bits per heavy atom. The van der Waals surface area contributed by atoms with Gasteiger partial charge in [0.15, 0.2) is 0 Å². The van der Waals surface area contributed by atoms with E-state index in [4.69, 9.17) is 5.26 Å². The smallest absolute Gasteiger partial charge is 0.261 e. The first-order valence-electron chi connectivity index (χ1n) is 7.67. The lowest BCUT2D eigenvalue weighted by Gasteiger charge is -2.13. The number of hydrogen-bond acceptors (Lipinski definition) is 4. The van der Waals surface area contributed by atoms with Crippen LogP contribution in [0.1, 0.15) is 52.8 Å². The lowest BCUT2D eigenvalue weighted by molar-refractivity contribution is -0.107. The fraction of sp³-hybridized carbons (Fsp3) is 0.333. The average molecular weight is 310 g/mol. The molecule has 0 atom stereocenters. The zero-order valence-corrected chi connectivity index (χ0v) is 12.8. The fourth-order valence-electron chi connectivity index (χ4n) is 2.56. The summed E-state index contributed by atoms with van der Waals surface area (Å²) in [4.78, 5) is 35.9. The van der Waals surface area contributed by atoms with Crippen LogP contribution in [0, 0.1) is 11.3 Å². The first-order chi connectivity index (χ1) is 11.2. The second kappa shape index (κ2) is 8.04. The second-order valence-corrected chi connectivity index (χ2v) is 5.35. The minimum atomic E-state index is -0.243. The van der Waals surface area contributed by atoms with Crippen LogP contribution < -0.4 is 0 Å². The highest BCUT2D eigenvalue weighted by Gasteiger charge is 2.34. The third kappa shape index (κ3) is 3.92. The molecule has 0 radical (unpaired) electrons. The number of allylic oxidation sites excluding steroid dienone is 2. The molecule has 0 saturated heterocycles. The van der Waals surface area contributed by atoms with Crippen molar-refractivity contribution in [3.8, 4) is 6.07 Å². The number of unbranched alkanes of at least 4 members (excludes halogenated alkanes) is 2. The van der Waals surface area contributed by atoms with Crippen molar-refractivity contribution in [2.45, 2.75) is 32.1 Å². The zero-order chi connectivity index (χ0) is 16.7. The summed E-state index contributed by atoms with van der Waals surface area (Å²) in [5.74, 6) is -0.486. The molecule has 0 spiro atoms. The molecule has 5 heteroatoms. The highest BCUT2D eigenvalue weighted by atomic mass is 16.2. The van der Waals surface area contributed by atoms with Crippen molar-refractivity contribution in [3.05, 3.63) is 47.0 Å². The number of benzene rings is 1. The van der Waals surface area contributed by atoms with Crippen LogP contribution in [0.3, 0.4) is 0 Å². The number of fused-ring (bicyclic) bond motifs is 1. The Balaban J connectivity index is 1.83. The van der Waals surface area contributed by atoms with Gasteiger partial charge in [-0.05, 0) is 37.8 Å². The number of amides is 2. The monoisotopic (exact) mass is 310 g/mol. The molecule has 5 nitrogen and oxygen atoms in total. The number of rotatable bonds is 8. The van der Waals surface area contributed by atoms with Crippen LogP contribution in [-0.4, -0.2) is 29.5 Å². The van der Waals surface area contributed by atoms with E-state index >= 15 is 0 Å². The lowest BCUT2D eigenvalue weighted by atomic mass is 10.1. The standard InChI is InChI=1S/C18H18N2O3/c19-13-14(8-4-6-12-21)7-3-5-11-20-17(22)15-9-1-2-10-16(15)18(20)23/h1-2,8-10,12H,3-7,11H2/b14-8-. The number of hydrogen-bond donors (Lipinski definition) is 0. The quantitative estimate of drug-likeness (QED) is 0.320. The van der Waals surface area contributed by atoms with Crippen molar-refractivity contribution in [2.24, 2.45) is 0 Å². The normalized spacial score (nSPS) is 13.9. The molecule has 0 aliphatic carbocycles. The first-order valence-corrected chi connectivity index (χ1v) is 7.67. The molecule has 1 aromatic rings. The summed E-state index contributed by atoms with van der Waals surface area (Å²) in [5, 5.41) is 9.01. The Morgan fingerprint density at radius 3 is 2.30 bits per heavy atom. The van der Waals surface area contributed by atoms with E-state index in [9.17, 15) is 14.4 Å².